The molecule has 2 saturated heterocycles. The zero-order valence-corrected chi connectivity index (χ0v) is 28.3. The van der Waals surface area contributed by atoms with Crippen LogP contribution in [0.1, 0.15) is 0 Å². The van der Waals surface area contributed by atoms with Crippen LogP contribution in [0.15, 0.2) is 0 Å². The molecular weight excluding hydrogens is 604 g/mol. The van der Waals surface area contributed by atoms with Crippen molar-refractivity contribution in [1.29, 1.82) is 0 Å². The van der Waals surface area contributed by atoms with Crippen LogP contribution in [0.25, 0.3) is 0 Å². The lowest BCUT2D eigenvalue weighted by Gasteiger charge is -2.47. The smallest absolute Gasteiger partial charge is 0.187 e. The van der Waals surface area contributed by atoms with Gasteiger partial charge in [0.15, 0.2) is 18.9 Å². The molecule has 2 aliphatic rings. The van der Waals surface area contributed by atoms with Gasteiger partial charge in [0.05, 0.1) is 19.8 Å². The summed E-state index contributed by atoms with van der Waals surface area (Å²) in [5, 5.41) is 0. The SMILES string of the molecule is COC[C@H]1O[C@H](OC[C@H]2O[C@H](OC[C@@H](OC)[C@@H](OC)[C@H](OC)[C@H](C=O)OC)[C@H](OC)[C@@H](OC)[C@H]2OC)[C@H](OC)[C@@H](OC)[C@H]1OC. The van der Waals surface area contributed by atoms with Gasteiger partial charge in [0.1, 0.15) is 73.2 Å². The van der Waals surface area contributed by atoms with Gasteiger partial charge in [-0.15, -0.1) is 0 Å². The predicted octanol–water partition coefficient (Wildman–Crippen LogP) is -0.535. The Morgan fingerprint density at radius 2 is 1.00 bits per heavy atom. The van der Waals surface area contributed by atoms with Crippen molar-refractivity contribution in [2.45, 2.75) is 85.8 Å². The number of methoxy groups -OCH3 is 11. The molecule has 16 heteroatoms. The van der Waals surface area contributed by atoms with Gasteiger partial charge in [0.2, 0.25) is 0 Å². The molecule has 2 heterocycles. The maximum absolute atomic E-state index is 11.6. The molecule has 0 spiro atoms. The number of hydrogen-bond donors (Lipinski definition) is 0. The van der Waals surface area contributed by atoms with Gasteiger partial charge in [0.25, 0.3) is 0 Å². The molecule has 0 bridgehead atoms. The minimum absolute atomic E-state index is 0.00196. The third-order valence-electron chi connectivity index (χ3n) is 8.26. The molecule has 0 aromatic heterocycles. The normalized spacial score (nSPS) is 35.1. The molecule has 2 rings (SSSR count). The Hall–Kier alpha value is -0.930. The molecule has 0 unspecified atom stereocenters. The van der Waals surface area contributed by atoms with Crippen LogP contribution in [-0.2, 0) is 75.8 Å². The Labute approximate surface area is 266 Å². The molecule has 0 N–H and O–H groups in total. The second-order valence-corrected chi connectivity index (χ2v) is 10.4. The van der Waals surface area contributed by atoms with Crippen molar-refractivity contribution >= 4 is 6.29 Å². The molecule has 14 atom stereocenters. The summed E-state index contributed by atoms with van der Waals surface area (Å²) in [7, 11) is 16.7. The molecule has 266 valence electrons. The number of rotatable bonds is 22. The molecule has 45 heavy (non-hydrogen) atoms. The average molecular weight is 659 g/mol. The van der Waals surface area contributed by atoms with E-state index in [1.54, 1.807) is 42.7 Å². The van der Waals surface area contributed by atoms with E-state index in [4.69, 9.17) is 71.1 Å². The van der Waals surface area contributed by atoms with Gasteiger partial charge in [0, 0.05) is 78.2 Å². The lowest BCUT2D eigenvalue weighted by atomic mass is 9.97. The second kappa shape index (κ2) is 21.1. The van der Waals surface area contributed by atoms with Gasteiger partial charge in [-0.2, -0.15) is 0 Å². The Morgan fingerprint density at radius 3 is 1.38 bits per heavy atom. The lowest BCUT2D eigenvalue weighted by Crippen LogP contribution is -2.63. The third kappa shape index (κ3) is 9.81. The van der Waals surface area contributed by atoms with Crippen molar-refractivity contribution in [3.63, 3.8) is 0 Å². The molecule has 16 nitrogen and oxygen atoms in total. The molecular formula is C29H54O16. The van der Waals surface area contributed by atoms with Gasteiger partial charge in [-0.3, -0.25) is 0 Å². The number of carbonyl (C=O) groups excluding carboxylic acids is 1. The number of aldehydes is 1. The lowest BCUT2D eigenvalue weighted by molar-refractivity contribution is -0.343. The van der Waals surface area contributed by atoms with Crippen molar-refractivity contribution in [2.75, 3.05) is 98.0 Å². The first-order valence-electron chi connectivity index (χ1n) is 14.6. The Morgan fingerprint density at radius 1 is 0.533 bits per heavy atom. The molecule has 0 aromatic carbocycles. The highest BCUT2D eigenvalue weighted by atomic mass is 16.8. The molecule has 2 fully saturated rings. The summed E-state index contributed by atoms with van der Waals surface area (Å²) < 4.78 is 87.1. The maximum atomic E-state index is 11.6. The Bertz CT molecular complexity index is 793. The first-order chi connectivity index (χ1) is 21.8. The summed E-state index contributed by atoms with van der Waals surface area (Å²) in [6.07, 6.45) is -8.93. The molecule has 2 aliphatic heterocycles. The Balaban J connectivity index is 2.26. The Kier molecular flexibility index (Phi) is 18.9. The summed E-state index contributed by atoms with van der Waals surface area (Å²) in [4.78, 5) is 11.6. The van der Waals surface area contributed by atoms with Crippen LogP contribution in [0, 0.1) is 0 Å². The monoisotopic (exact) mass is 658 g/mol. The van der Waals surface area contributed by atoms with Crippen molar-refractivity contribution in [3.8, 4) is 0 Å². The summed E-state index contributed by atoms with van der Waals surface area (Å²) >= 11 is 0. The van der Waals surface area contributed by atoms with Crippen LogP contribution in [0.5, 0.6) is 0 Å². The van der Waals surface area contributed by atoms with E-state index in [1.165, 1.54) is 35.5 Å². The molecule has 0 amide bonds. The van der Waals surface area contributed by atoms with Gasteiger partial charge in [-0.05, 0) is 0 Å². The van der Waals surface area contributed by atoms with Gasteiger partial charge < -0.3 is 75.8 Å². The van der Waals surface area contributed by atoms with E-state index >= 15 is 0 Å². The topological polar surface area (TPSA) is 156 Å². The molecule has 0 aliphatic carbocycles. The first kappa shape index (κ1) is 40.2. The van der Waals surface area contributed by atoms with E-state index in [-0.39, 0.29) is 19.8 Å². The van der Waals surface area contributed by atoms with Crippen LogP contribution >= 0.6 is 0 Å². The number of hydrogen-bond acceptors (Lipinski definition) is 16. The van der Waals surface area contributed by atoms with Crippen molar-refractivity contribution in [3.05, 3.63) is 0 Å². The predicted molar refractivity (Wildman–Crippen MR) is 155 cm³/mol. The van der Waals surface area contributed by atoms with E-state index in [0.717, 1.165) is 0 Å². The molecule has 0 aromatic rings. The first-order valence-corrected chi connectivity index (χ1v) is 14.6. The summed E-state index contributed by atoms with van der Waals surface area (Å²) in [5.41, 5.74) is 0. The zero-order valence-electron chi connectivity index (χ0n) is 28.3. The minimum Gasteiger partial charge on any atom is -0.382 e. The van der Waals surface area contributed by atoms with Crippen molar-refractivity contribution in [2.24, 2.45) is 0 Å². The quantitative estimate of drug-likeness (QED) is 0.137. The highest BCUT2D eigenvalue weighted by Crippen LogP contribution is 2.32. The van der Waals surface area contributed by atoms with Crippen LogP contribution in [-0.4, -0.2) is 190 Å². The summed E-state index contributed by atoms with van der Waals surface area (Å²) in [6.45, 7) is 0.222. The number of ether oxygens (including phenoxy) is 15. The standard InChI is InChI=1S/C29H54O16/c1-31-13-18-22(36-6)24(38-8)26(40-10)29(44-18)43-15-19-23(37-7)25(39-9)27(41-11)28(45-19)42-14-17(33-3)21(35-5)20(34-4)16(12-30)32-2/h12,16-29H,13-15H2,1-11H3/t16-,17+,18+,19+,20+,21+,22-,23-,24-,25-,26+,27+,28-,29-/m0/s1. The molecule has 0 radical (unpaired) electrons. The van der Waals surface area contributed by atoms with E-state index < -0.39 is 85.8 Å². The average Bonchev–Trinajstić information content (AvgIpc) is 3.07. The van der Waals surface area contributed by atoms with E-state index in [2.05, 4.69) is 0 Å². The van der Waals surface area contributed by atoms with Crippen molar-refractivity contribution < 1.29 is 75.8 Å². The number of carbonyl (C=O) groups is 1. The fraction of sp³-hybridized carbons (Fsp3) is 0.966. The zero-order chi connectivity index (χ0) is 33.5. The fourth-order valence-corrected chi connectivity index (χ4v) is 5.96. The highest BCUT2D eigenvalue weighted by molar-refractivity contribution is 5.57. The summed E-state index contributed by atoms with van der Waals surface area (Å²) in [6, 6.07) is 0. The van der Waals surface area contributed by atoms with Gasteiger partial charge in [-0.25, -0.2) is 0 Å². The van der Waals surface area contributed by atoms with Crippen LogP contribution < -0.4 is 0 Å². The van der Waals surface area contributed by atoms with Gasteiger partial charge >= 0.3 is 0 Å². The van der Waals surface area contributed by atoms with Crippen LogP contribution in [0.3, 0.4) is 0 Å². The third-order valence-corrected chi connectivity index (χ3v) is 8.26. The fourth-order valence-electron chi connectivity index (χ4n) is 5.96. The van der Waals surface area contributed by atoms with Gasteiger partial charge in [-0.1, -0.05) is 0 Å². The highest BCUT2D eigenvalue weighted by Gasteiger charge is 2.51. The maximum Gasteiger partial charge on any atom is 0.187 e. The largest absolute Gasteiger partial charge is 0.382 e. The molecule has 0 saturated carbocycles. The van der Waals surface area contributed by atoms with E-state index in [0.29, 0.717) is 6.29 Å². The second-order valence-electron chi connectivity index (χ2n) is 10.4. The van der Waals surface area contributed by atoms with Crippen LogP contribution in [0.4, 0.5) is 0 Å². The van der Waals surface area contributed by atoms with E-state index in [9.17, 15) is 4.79 Å². The summed E-state index contributed by atoms with van der Waals surface area (Å²) in [5.74, 6) is 0. The van der Waals surface area contributed by atoms with E-state index in [1.807, 2.05) is 0 Å². The minimum atomic E-state index is -0.947. The van der Waals surface area contributed by atoms with Crippen LogP contribution in [0.2, 0.25) is 0 Å². The van der Waals surface area contributed by atoms with Crippen molar-refractivity contribution in [1.82, 2.24) is 0 Å².